The van der Waals surface area contributed by atoms with Crippen LogP contribution in [0.1, 0.15) is 17.1 Å². The second kappa shape index (κ2) is 13.8. The lowest BCUT2D eigenvalue weighted by Gasteiger charge is -2.31. The number of para-hydroxylation sites is 1. The van der Waals surface area contributed by atoms with E-state index in [-0.39, 0.29) is 27.3 Å². The van der Waals surface area contributed by atoms with Crippen molar-refractivity contribution in [2.24, 2.45) is 0 Å². The zero-order valence-corrected chi connectivity index (χ0v) is 31.3. The molecule has 0 amide bonds. The van der Waals surface area contributed by atoms with E-state index in [9.17, 15) is 0 Å². The largest absolute Gasteiger partial charge is 0.457 e. The predicted molar refractivity (Wildman–Crippen MR) is 250 cm³/mol. The van der Waals surface area contributed by atoms with E-state index in [2.05, 4.69) is 48.5 Å². The molecule has 0 aliphatic heterocycles. The van der Waals surface area contributed by atoms with Gasteiger partial charge in [0.2, 0.25) is 0 Å². The van der Waals surface area contributed by atoms with E-state index in [0.29, 0.717) is 60.7 Å². The number of aromatic nitrogens is 1. The zero-order chi connectivity index (χ0) is 40.0. The number of fused-ring (bicyclic) bond motifs is 7. The highest BCUT2D eigenvalue weighted by molar-refractivity contribution is 6.64. The fourth-order valence-corrected chi connectivity index (χ4v) is 8.55. The van der Waals surface area contributed by atoms with Crippen LogP contribution in [0.4, 0.5) is 17.1 Å². The first-order valence-corrected chi connectivity index (χ1v) is 18.8. The molecule has 1 atom stereocenters. The third-order valence-corrected chi connectivity index (χ3v) is 11.4. The van der Waals surface area contributed by atoms with E-state index in [1.54, 1.807) is 0 Å². The Morgan fingerprint density at radius 3 is 1.48 bits per heavy atom. The summed E-state index contributed by atoms with van der Waals surface area (Å²) >= 11 is 0. The predicted octanol–water partition coefficient (Wildman–Crippen LogP) is 5.53. The number of rotatable bonds is 6. The molecule has 1 aliphatic carbocycles. The standard InChI is InChI=1S/C47H24B8N2O/c48-35-33-31-32-34-36(49)38(51)45(42(55)47(34)58-46(32)41(54)40(53)43(31)57(28-14-8-3-9-15-28)44(33)39(52)37(35)50)56(29-20-16-26(17-21-29)24-10-4-1-5-11-24)30-22-18-27(19-23-30)25-12-6-2-7-13-25/h1-23,35H. The minimum atomic E-state index is -0.748. The molecule has 0 fully saturated rings. The van der Waals surface area contributed by atoms with Crippen molar-refractivity contribution in [3.63, 3.8) is 0 Å². The maximum Gasteiger partial charge on any atom is 0.129 e. The highest BCUT2D eigenvalue weighted by Crippen LogP contribution is 2.48. The molecule has 11 heteroatoms. The second-order valence-corrected chi connectivity index (χ2v) is 14.6. The lowest BCUT2D eigenvalue weighted by molar-refractivity contribution is 0.675. The maximum absolute atomic E-state index is 7.26. The van der Waals surface area contributed by atoms with Crippen molar-refractivity contribution in [2.75, 3.05) is 4.90 Å². The SMILES string of the molecule is [B]C1=C([B])C([B])c2c1n(-c1ccccc1)c1c([B])c([B])c3oc4c([B])c(N(c5ccc(-c6ccccc6)cc5)c5ccc(-c6ccccc6)cc5)c([B])c([B])c4c3c21. The third kappa shape index (κ3) is 5.32. The van der Waals surface area contributed by atoms with E-state index in [0.717, 1.165) is 39.3 Å². The number of allylic oxidation sites excluding steroid dienone is 1. The highest BCUT2D eigenvalue weighted by atomic mass is 16.3. The number of hydrogen-bond donors (Lipinski definition) is 0. The van der Waals surface area contributed by atoms with Crippen molar-refractivity contribution in [2.45, 2.75) is 5.82 Å². The Morgan fingerprint density at radius 1 is 0.466 bits per heavy atom. The van der Waals surface area contributed by atoms with E-state index in [4.69, 9.17) is 67.2 Å². The Kier molecular flexibility index (Phi) is 8.64. The van der Waals surface area contributed by atoms with Gasteiger partial charge in [-0.3, -0.25) is 0 Å². The normalized spacial score (nSPS) is 13.8. The first-order valence-electron chi connectivity index (χ1n) is 18.8. The summed E-state index contributed by atoms with van der Waals surface area (Å²) in [4.78, 5) is 2.00. The summed E-state index contributed by atoms with van der Waals surface area (Å²) in [6.07, 6.45) is 0. The number of nitrogens with zero attached hydrogens (tertiary/aromatic N) is 2. The quantitative estimate of drug-likeness (QED) is 0.211. The first-order chi connectivity index (χ1) is 28.2. The van der Waals surface area contributed by atoms with Crippen molar-refractivity contribution in [1.82, 2.24) is 4.57 Å². The average Bonchev–Trinajstić information content (AvgIpc) is 3.91. The third-order valence-electron chi connectivity index (χ3n) is 11.4. The van der Waals surface area contributed by atoms with Gasteiger partial charge < -0.3 is 13.9 Å². The lowest BCUT2D eigenvalue weighted by Crippen LogP contribution is -2.37. The molecular weight excluding hydrogens is 695 g/mol. The zero-order valence-electron chi connectivity index (χ0n) is 31.3. The van der Waals surface area contributed by atoms with Gasteiger partial charge in [-0.05, 0) is 75.5 Å². The minimum Gasteiger partial charge on any atom is -0.457 e. The van der Waals surface area contributed by atoms with Crippen LogP contribution in [0.5, 0.6) is 0 Å². The Balaban J connectivity index is 1.25. The maximum atomic E-state index is 7.26. The molecule has 0 saturated heterocycles. The molecule has 0 bridgehead atoms. The highest BCUT2D eigenvalue weighted by Gasteiger charge is 2.34. The van der Waals surface area contributed by atoms with Gasteiger partial charge in [0, 0.05) is 50.1 Å². The molecule has 1 aliphatic rings. The van der Waals surface area contributed by atoms with Crippen LogP contribution in [0.2, 0.25) is 0 Å². The van der Waals surface area contributed by atoms with Crippen LogP contribution in [0.25, 0.3) is 66.3 Å². The molecule has 16 radical (unpaired) electrons. The van der Waals surface area contributed by atoms with Crippen molar-refractivity contribution in [1.29, 1.82) is 0 Å². The van der Waals surface area contributed by atoms with Crippen LogP contribution in [0.3, 0.4) is 0 Å². The van der Waals surface area contributed by atoms with Gasteiger partial charge in [-0.25, -0.2) is 0 Å². The number of furan rings is 1. The fourth-order valence-electron chi connectivity index (χ4n) is 8.55. The van der Waals surface area contributed by atoms with Crippen molar-refractivity contribution >= 4 is 145 Å². The summed E-state index contributed by atoms with van der Waals surface area (Å²) in [6, 6.07) is 46.4. The van der Waals surface area contributed by atoms with Crippen molar-refractivity contribution in [3.05, 3.63) is 156 Å². The molecule has 252 valence electrons. The Labute approximate surface area is 347 Å². The Hall–Kier alpha value is -6.06. The van der Waals surface area contributed by atoms with Gasteiger partial charge in [0.1, 0.15) is 66.1 Å². The molecule has 1 unspecified atom stereocenters. The molecule has 2 aromatic heterocycles. The van der Waals surface area contributed by atoms with Gasteiger partial charge in [0.15, 0.2) is 0 Å². The molecule has 3 nitrogen and oxygen atoms in total. The summed E-state index contributed by atoms with van der Waals surface area (Å²) in [5.74, 6) is -0.748. The van der Waals surface area contributed by atoms with E-state index in [1.165, 1.54) is 0 Å². The molecule has 7 aromatic carbocycles. The van der Waals surface area contributed by atoms with Gasteiger partial charge in [0.05, 0.1) is 7.85 Å². The minimum absolute atomic E-state index is 0.208. The molecule has 58 heavy (non-hydrogen) atoms. The summed E-state index contributed by atoms with van der Waals surface area (Å²) in [7, 11) is 55.6. The number of benzene rings is 7. The van der Waals surface area contributed by atoms with Gasteiger partial charge in [-0.1, -0.05) is 130 Å². The fraction of sp³-hybridized carbons (Fsp3) is 0.0213. The van der Waals surface area contributed by atoms with E-state index in [1.807, 2.05) is 100 Å². The summed E-state index contributed by atoms with van der Waals surface area (Å²) < 4.78 is 8.65. The topological polar surface area (TPSA) is 21.3 Å². The molecule has 0 saturated carbocycles. The van der Waals surface area contributed by atoms with Gasteiger partial charge in [-0.2, -0.15) is 0 Å². The van der Waals surface area contributed by atoms with Crippen LogP contribution in [-0.4, -0.2) is 67.3 Å². The first kappa shape index (κ1) is 36.3. The van der Waals surface area contributed by atoms with Crippen molar-refractivity contribution < 1.29 is 4.42 Å². The smallest absolute Gasteiger partial charge is 0.129 e. The number of anilines is 3. The molecule has 0 N–H and O–H groups in total. The van der Waals surface area contributed by atoms with Gasteiger partial charge in [-0.15, -0.1) is 5.47 Å². The molecule has 2 heterocycles. The Bertz CT molecular complexity index is 3040. The average molecular weight is 719 g/mol. The Morgan fingerprint density at radius 2 is 0.948 bits per heavy atom. The lowest BCUT2D eigenvalue weighted by atomic mass is 9.67. The van der Waals surface area contributed by atoms with Crippen LogP contribution >= 0.6 is 0 Å². The van der Waals surface area contributed by atoms with E-state index >= 15 is 0 Å². The second-order valence-electron chi connectivity index (χ2n) is 14.6. The van der Waals surface area contributed by atoms with Crippen molar-refractivity contribution in [3.8, 4) is 27.9 Å². The van der Waals surface area contributed by atoms with E-state index < -0.39 is 5.82 Å². The van der Waals surface area contributed by atoms with Crippen LogP contribution < -0.4 is 32.2 Å². The van der Waals surface area contributed by atoms with Crippen LogP contribution in [0, 0.1) is 0 Å². The van der Waals surface area contributed by atoms with Crippen LogP contribution in [-0.2, 0) is 0 Å². The summed E-state index contributed by atoms with van der Waals surface area (Å²) in [6.45, 7) is 0. The number of hydrogen-bond acceptors (Lipinski definition) is 2. The molecular formula is C47H24B8N2O. The monoisotopic (exact) mass is 720 g/mol. The van der Waals surface area contributed by atoms with Gasteiger partial charge >= 0.3 is 0 Å². The molecule has 10 rings (SSSR count). The summed E-state index contributed by atoms with van der Waals surface area (Å²) in [5, 5.41) is 1.70. The van der Waals surface area contributed by atoms with Gasteiger partial charge in [0.25, 0.3) is 0 Å². The molecule has 9 aromatic rings. The van der Waals surface area contributed by atoms with Crippen LogP contribution in [0.15, 0.2) is 149 Å². The summed E-state index contributed by atoms with van der Waals surface area (Å²) in [5.41, 5.74) is 11.5. The molecule has 0 spiro atoms.